The first-order chi connectivity index (χ1) is 8.56. The van der Waals surface area contributed by atoms with Gasteiger partial charge in [-0.3, -0.25) is 0 Å². The van der Waals surface area contributed by atoms with Gasteiger partial charge in [0.2, 0.25) is 0 Å². The highest BCUT2D eigenvalue weighted by atomic mass is 35.5. The molecule has 0 aromatic carbocycles. The maximum Gasteiger partial charge on any atom is 0.337 e. The molecule has 2 aromatic heterocycles. The van der Waals surface area contributed by atoms with Gasteiger partial charge in [0.1, 0.15) is 5.82 Å². The highest BCUT2D eigenvalue weighted by molar-refractivity contribution is 7.16. The fraction of sp³-hybridized carbons (Fsp3) is 0.167. The highest BCUT2D eigenvalue weighted by Crippen LogP contribution is 2.22. The molecule has 4 nitrogen and oxygen atoms in total. The summed E-state index contributed by atoms with van der Waals surface area (Å²) in [6.45, 7) is 2.30. The quantitative estimate of drug-likeness (QED) is 0.902. The zero-order chi connectivity index (χ0) is 13.1. The summed E-state index contributed by atoms with van der Waals surface area (Å²) in [5.41, 5.74) is 0.719. The van der Waals surface area contributed by atoms with Gasteiger partial charge in [-0.2, -0.15) is 0 Å². The molecule has 0 fully saturated rings. The van der Waals surface area contributed by atoms with Gasteiger partial charge >= 0.3 is 5.97 Å². The van der Waals surface area contributed by atoms with Gasteiger partial charge in [0, 0.05) is 4.88 Å². The summed E-state index contributed by atoms with van der Waals surface area (Å²) >= 11 is 7.33. The third kappa shape index (κ3) is 3.00. The lowest BCUT2D eigenvalue weighted by molar-refractivity contribution is 0.0695. The number of nitrogens with zero attached hydrogens (tertiary/aromatic N) is 1. The van der Waals surface area contributed by atoms with Gasteiger partial charge in [-0.05, 0) is 31.2 Å². The van der Waals surface area contributed by atoms with E-state index in [1.807, 2.05) is 12.1 Å². The topological polar surface area (TPSA) is 62.2 Å². The van der Waals surface area contributed by atoms with E-state index in [9.17, 15) is 4.79 Å². The second-order valence-electron chi connectivity index (χ2n) is 3.69. The summed E-state index contributed by atoms with van der Waals surface area (Å²) in [5.74, 6) is -0.307. The summed E-state index contributed by atoms with van der Waals surface area (Å²) < 4.78 is 0.747. The molecule has 0 radical (unpaired) electrons. The molecule has 0 saturated carbocycles. The number of anilines is 1. The van der Waals surface area contributed by atoms with Crippen molar-refractivity contribution in [2.24, 2.45) is 0 Å². The van der Waals surface area contributed by atoms with E-state index >= 15 is 0 Å². The number of pyridine rings is 1. The number of aryl methyl sites for hydroxylation is 1. The van der Waals surface area contributed by atoms with Crippen LogP contribution in [-0.4, -0.2) is 16.1 Å². The first-order valence-corrected chi connectivity index (χ1v) is 6.45. The van der Waals surface area contributed by atoms with Crippen LogP contribution in [0.2, 0.25) is 4.34 Å². The SMILES string of the molecule is Cc1nc(NCc2ccc(Cl)s2)ccc1C(=O)O. The normalized spacial score (nSPS) is 10.3. The molecule has 0 spiro atoms. The van der Waals surface area contributed by atoms with Crippen LogP contribution in [-0.2, 0) is 6.54 Å². The van der Waals surface area contributed by atoms with E-state index in [-0.39, 0.29) is 5.56 Å². The Bertz CT molecular complexity index is 583. The Balaban J connectivity index is 2.06. The minimum atomic E-state index is -0.961. The number of aromatic nitrogens is 1. The van der Waals surface area contributed by atoms with Gasteiger partial charge in [-0.1, -0.05) is 11.6 Å². The van der Waals surface area contributed by atoms with Crippen LogP contribution >= 0.6 is 22.9 Å². The number of hydrogen-bond donors (Lipinski definition) is 2. The molecular weight excluding hydrogens is 272 g/mol. The predicted octanol–water partition coefficient (Wildman–Crippen LogP) is 3.42. The van der Waals surface area contributed by atoms with E-state index in [0.29, 0.717) is 18.1 Å². The van der Waals surface area contributed by atoms with Crippen molar-refractivity contribution in [3.63, 3.8) is 0 Å². The molecule has 0 unspecified atom stereocenters. The maximum atomic E-state index is 10.8. The van der Waals surface area contributed by atoms with Crippen LogP contribution in [0.25, 0.3) is 0 Å². The van der Waals surface area contributed by atoms with Gasteiger partial charge in [0.25, 0.3) is 0 Å². The third-order valence-electron chi connectivity index (χ3n) is 2.39. The van der Waals surface area contributed by atoms with Crippen LogP contribution in [0.1, 0.15) is 20.9 Å². The molecule has 0 saturated heterocycles. The Morgan fingerprint density at radius 1 is 1.44 bits per heavy atom. The molecular formula is C12H11ClN2O2S. The van der Waals surface area contributed by atoms with Crippen molar-refractivity contribution in [3.8, 4) is 0 Å². The predicted molar refractivity (Wildman–Crippen MR) is 72.6 cm³/mol. The number of aromatic carboxylic acids is 1. The second-order valence-corrected chi connectivity index (χ2v) is 5.49. The fourth-order valence-electron chi connectivity index (χ4n) is 1.51. The van der Waals surface area contributed by atoms with E-state index in [1.54, 1.807) is 19.1 Å². The van der Waals surface area contributed by atoms with Crippen LogP contribution in [0.4, 0.5) is 5.82 Å². The summed E-state index contributed by atoms with van der Waals surface area (Å²) in [7, 11) is 0. The number of rotatable bonds is 4. The number of nitrogens with one attached hydrogen (secondary N) is 1. The van der Waals surface area contributed by atoms with Crippen molar-refractivity contribution in [2.45, 2.75) is 13.5 Å². The molecule has 0 aliphatic rings. The van der Waals surface area contributed by atoms with Crippen LogP contribution in [0.5, 0.6) is 0 Å². The average Bonchev–Trinajstić information content (AvgIpc) is 2.72. The van der Waals surface area contributed by atoms with Crippen LogP contribution in [0.3, 0.4) is 0 Å². The van der Waals surface area contributed by atoms with Gasteiger partial charge in [-0.15, -0.1) is 11.3 Å². The van der Waals surface area contributed by atoms with Crippen LogP contribution in [0.15, 0.2) is 24.3 Å². The summed E-state index contributed by atoms with van der Waals surface area (Å²) in [6.07, 6.45) is 0. The average molecular weight is 283 g/mol. The molecule has 2 N–H and O–H groups in total. The molecule has 0 atom stereocenters. The lowest BCUT2D eigenvalue weighted by Crippen LogP contribution is -2.05. The summed E-state index contributed by atoms with van der Waals surface area (Å²) in [5, 5.41) is 12.0. The van der Waals surface area contributed by atoms with Crippen molar-refractivity contribution in [1.82, 2.24) is 4.98 Å². The molecule has 6 heteroatoms. The van der Waals surface area contributed by atoms with Crippen molar-refractivity contribution in [1.29, 1.82) is 0 Å². The Kier molecular flexibility index (Phi) is 3.84. The molecule has 2 aromatic rings. The second kappa shape index (κ2) is 5.37. The Morgan fingerprint density at radius 3 is 2.78 bits per heavy atom. The zero-order valence-electron chi connectivity index (χ0n) is 9.61. The number of thiophene rings is 1. The highest BCUT2D eigenvalue weighted by Gasteiger charge is 2.08. The van der Waals surface area contributed by atoms with E-state index in [2.05, 4.69) is 10.3 Å². The van der Waals surface area contributed by atoms with Crippen molar-refractivity contribution in [3.05, 3.63) is 44.7 Å². The van der Waals surface area contributed by atoms with Crippen molar-refractivity contribution < 1.29 is 9.90 Å². The van der Waals surface area contributed by atoms with Gasteiger partial charge in [0.15, 0.2) is 0 Å². The van der Waals surface area contributed by atoms with Gasteiger partial charge in [0.05, 0.1) is 22.1 Å². The lowest BCUT2D eigenvalue weighted by atomic mass is 10.2. The molecule has 0 bridgehead atoms. The largest absolute Gasteiger partial charge is 0.478 e. The van der Waals surface area contributed by atoms with Crippen LogP contribution < -0.4 is 5.32 Å². The fourth-order valence-corrected chi connectivity index (χ4v) is 2.54. The van der Waals surface area contributed by atoms with E-state index in [4.69, 9.17) is 16.7 Å². The maximum absolute atomic E-state index is 10.8. The number of carboxylic acid groups (broad SMARTS) is 1. The van der Waals surface area contributed by atoms with E-state index in [0.717, 1.165) is 9.21 Å². The third-order valence-corrected chi connectivity index (χ3v) is 3.62. The summed E-state index contributed by atoms with van der Waals surface area (Å²) in [6, 6.07) is 6.99. The Morgan fingerprint density at radius 2 is 2.22 bits per heavy atom. The standard InChI is InChI=1S/C12H11ClN2O2S/c1-7-9(12(16)17)3-5-11(15-7)14-6-8-2-4-10(13)18-8/h2-5H,6H2,1H3,(H,14,15)(H,16,17). The molecule has 2 heterocycles. The first-order valence-electron chi connectivity index (χ1n) is 5.25. The van der Waals surface area contributed by atoms with Crippen LogP contribution in [0, 0.1) is 6.92 Å². The molecule has 2 rings (SSSR count). The minimum absolute atomic E-state index is 0.222. The number of carbonyl (C=O) groups is 1. The van der Waals surface area contributed by atoms with Crippen molar-refractivity contribution in [2.75, 3.05) is 5.32 Å². The zero-order valence-corrected chi connectivity index (χ0v) is 11.2. The smallest absolute Gasteiger partial charge is 0.337 e. The molecule has 94 valence electrons. The first kappa shape index (κ1) is 12.9. The number of carboxylic acids is 1. The molecule has 18 heavy (non-hydrogen) atoms. The number of hydrogen-bond acceptors (Lipinski definition) is 4. The van der Waals surface area contributed by atoms with Crippen molar-refractivity contribution >= 4 is 34.7 Å². The summed E-state index contributed by atoms with van der Waals surface area (Å²) in [4.78, 5) is 16.1. The van der Waals surface area contributed by atoms with Gasteiger partial charge in [-0.25, -0.2) is 9.78 Å². The Labute approximate surface area is 113 Å². The minimum Gasteiger partial charge on any atom is -0.478 e. The van der Waals surface area contributed by atoms with E-state index < -0.39 is 5.97 Å². The number of halogens is 1. The van der Waals surface area contributed by atoms with Gasteiger partial charge < -0.3 is 10.4 Å². The monoisotopic (exact) mass is 282 g/mol. The molecule has 0 amide bonds. The van der Waals surface area contributed by atoms with E-state index in [1.165, 1.54) is 11.3 Å². The molecule has 0 aliphatic heterocycles. The Hall–Kier alpha value is -1.59. The lowest BCUT2D eigenvalue weighted by Gasteiger charge is -2.06. The molecule has 0 aliphatic carbocycles.